The second-order valence-corrected chi connectivity index (χ2v) is 7.69. The van der Waals surface area contributed by atoms with Crippen molar-refractivity contribution in [3.8, 4) is 0 Å². The molecular formula is C17H21N5O4S. The van der Waals surface area contributed by atoms with Gasteiger partial charge in [-0.2, -0.15) is 0 Å². The molecule has 0 spiro atoms. The molecule has 10 heteroatoms. The Balaban J connectivity index is 1.83. The van der Waals surface area contributed by atoms with Gasteiger partial charge in [0, 0.05) is 18.2 Å². The van der Waals surface area contributed by atoms with E-state index < -0.39 is 11.4 Å². The first-order chi connectivity index (χ1) is 12.7. The van der Waals surface area contributed by atoms with Crippen molar-refractivity contribution in [1.82, 2.24) is 20.2 Å². The molecule has 27 heavy (non-hydrogen) atoms. The van der Waals surface area contributed by atoms with Crippen LogP contribution in [0, 0.1) is 5.41 Å². The van der Waals surface area contributed by atoms with Gasteiger partial charge in [-0.05, 0) is 34.7 Å². The Bertz CT molecular complexity index is 827. The van der Waals surface area contributed by atoms with E-state index in [1.165, 1.54) is 28.6 Å². The van der Waals surface area contributed by atoms with Crippen LogP contribution in [-0.4, -0.2) is 50.2 Å². The number of nitrogens with one attached hydrogen (secondary N) is 1. The topological polar surface area (TPSA) is 116 Å². The SMILES string of the molecule is Cn1nnnc1SCC(=O)Nc1ccc(C(=O)OCC(=O)C(C)(C)C)cc1. The third-order valence-electron chi connectivity index (χ3n) is 3.49. The summed E-state index contributed by atoms with van der Waals surface area (Å²) in [5, 5.41) is 14.2. The highest BCUT2D eigenvalue weighted by molar-refractivity contribution is 7.99. The summed E-state index contributed by atoms with van der Waals surface area (Å²) in [6, 6.07) is 6.24. The van der Waals surface area contributed by atoms with Crippen LogP contribution in [0.25, 0.3) is 0 Å². The molecule has 0 atom stereocenters. The fourth-order valence-corrected chi connectivity index (χ4v) is 2.44. The molecule has 0 unspecified atom stereocenters. The number of ketones is 1. The number of anilines is 1. The Morgan fingerprint density at radius 1 is 1.19 bits per heavy atom. The van der Waals surface area contributed by atoms with Gasteiger partial charge in [-0.1, -0.05) is 32.5 Å². The highest BCUT2D eigenvalue weighted by Gasteiger charge is 2.22. The van der Waals surface area contributed by atoms with E-state index in [2.05, 4.69) is 20.8 Å². The number of benzene rings is 1. The number of nitrogens with zero attached hydrogens (tertiary/aromatic N) is 4. The summed E-state index contributed by atoms with van der Waals surface area (Å²) in [7, 11) is 1.69. The van der Waals surface area contributed by atoms with Crippen LogP contribution >= 0.6 is 11.8 Å². The summed E-state index contributed by atoms with van der Waals surface area (Å²) >= 11 is 1.21. The maximum Gasteiger partial charge on any atom is 0.338 e. The Kier molecular flexibility index (Phi) is 6.67. The molecule has 2 rings (SSSR count). The zero-order chi connectivity index (χ0) is 20.0. The average Bonchev–Trinajstić information content (AvgIpc) is 3.02. The largest absolute Gasteiger partial charge is 0.454 e. The molecule has 1 aromatic carbocycles. The second-order valence-electron chi connectivity index (χ2n) is 6.75. The minimum absolute atomic E-state index is 0.146. The summed E-state index contributed by atoms with van der Waals surface area (Å²) in [6.07, 6.45) is 0. The number of aromatic nitrogens is 4. The maximum absolute atomic E-state index is 12.0. The van der Waals surface area contributed by atoms with E-state index in [9.17, 15) is 14.4 Å². The predicted octanol–water partition coefficient (Wildman–Crippen LogP) is 1.71. The first-order valence-electron chi connectivity index (χ1n) is 8.12. The number of hydrogen-bond donors (Lipinski definition) is 1. The standard InChI is InChI=1S/C17H21N5O4S/c1-17(2,3)13(23)9-26-15(25)11-5-7-12(8-6-11)18-14(24)10-27-16-19-20-21-22(16)4/h5-8H,9-10H2,1-4H3,(H,18,24). The Hall–Kier alpha value is -2.75. The van der Waals surface area contributed by atoms with Crippen LogP contribution < -0.4 is 5.32 Å². The van der Waals surface area contributed by atoms with E-state index in [-0.39, 0.29) is 24.1 Å². The number of amides is 1. The third kappa shape index (κ3) is 6.17. The molecular weight excluding hydrogens is 370 g/mol. The lowest BCUT2D eigenvalue weighted by molar-refractivity contribution is -0.129. The van der Waals surface area contributed by atoms with E-state index >= 15 is 0 Å². The summed E-state index contributed by atoms with van der Waals surface area (Å²) in [5.41, 5.74) is 0.279. The number of hydrogen-bond acceptors (Lipinski definition) is 8. The molecule has 0 radical (unpaired) electrons. The van der Waals surface area contributed by atoms with Gasteiger partial charge in [-0.3, -0.25) is 9.59 Å². The van der Waals surface area contributed by atoms with Gasteiger partial charge >= 0.3 is 5.97 Å². The summed E-state index contributed by atoms with van der Waals surface area (Å²) in [6.45, 7) is 5.02. The highest BCUT2D eigenvalue weighted by Crippen LogP contribution is 2.16. The Morgan fingerprint density at radius 3 is 2.41 bits per heavy atom. The van der Waals surface area contributed by atoms with Crippen LogP contribution in [0.2, 0.25) is 0 Å². The molecule has 1 amide bonds. The number of aryl methyl sites for hydroxylation is 1. The van der Waals surface area contributed by atoms with Gasteiger partial charge in [-0.15, -0.1) is 5.10 Å². The quantitative estimate of drug-likeness (QED) is 0.560. The van der Waals surface area contributed by atoms with Crippen molar-refractivity contribution < 1.29 is 19.1 Å². The summed E-state index contributed by atoms with van der Waals surface area (Å²) < 4.78 is 6.50. The minimum Gasteiger partial charge on any atom is -0.454 e. The van der Waals surface area contributed by atoms with Crippen LogP contribution in [0.1, 0.15) is 31.1 Å². The van der Waals surface area contributed by atoms with Crippen LogP contribution in [0.4, 0.5) is 5.69 Å². The predicted molar refractivity (Wildman–Crippen MR) is 99.3 cm³/mol. The van der Waals surface area contributed by atoms with Gasteiger partial charge in [0.05, 0.1) is 11.3 Å². The number of Topliss-reactive ketones (excluding diaryl/α,β-unsaturated/α-hetero) is 1. The number of carbonyl (C=O) groups is 3. The molecule has 9 nitrogen and oxygen atoms in total. The smallest absolute Gasteiger partial charge is 0.338 e. The van der Waals surface area contributed by atoms with Gasteiger partial charge < -0.3 is 10.1 Å². The van der Waals surface area contributed by atoms with Crippen LogP contribution in [0.3, 0.4) is 0 Å². The van der Waals surface area contributed by atoms with E-state index in [1.54, 1.807) is 40.0 Å². The van der Waals surface area contributed by atoms with Gasteiger partial charge in [0.15, 0.2) is 12.4 Å². The van der Waals surface area contributed by atoms with Crippen LogP contribution in [0.5, 0.6) is 0 Å². The fourth-order valence-electron chi connectivity index (χ4n) is 1.79. The van der Waals surface area contributed by atoms with E-state index in [4.69, 9.17) is 4.74 Å². The van der Waals surface area contributed by atoms with Crippen LogP contribution in [0.15, 0.2) is 29.4 Å². The molecule has 0 aliphatic carbocycles. The molecule has 1 heterocycles. The van der Waals surface area contributed by atoms with Crippen LogP contribution in [-0.2, 0) is 21.4 Å². The van der Waals surface area contributed by atoms with Gasteiger partial charge in [0.25, 0.3) is 0 Å². The number of thioether (sulfide) groups is 1. The number of carbonyl (C=O) groups excluding carboxylic acids is 3. The van der Waals surface area contributed by atoms with Crippen molar-refractivity contribution in [2.24, 2.45) is 12.5 Å². The Morgan fingerprint density at radius 2 is 1.85 bits per heavy atom. The molecule has 144 valence electrons. The van der Waals surface area contributed by atoms with Crippen molar-refractivity contribution in [1.29, 1.82) is 0 Å². The minimum atomic E-state index is -0.587. The number of esters is 1. The second kappa shape index (κ2) is 8.76. The lowest BCUT2D eigenvalue weighted by atomic mass is 9.91. The zero-order valence-electron chi connectivity index (χ0n) is 15.6. The van der Waals surface area contributed by atoms with Gasteiger partial charge in [0.1, 0.15) is 0 Å². The van der Waals surface area contributed by atoms with Crippen molar-refractivity contribution in [3.63, 3.8) is 0 Å². The molecule has 0 saturated heterocycles. The molecule has 1 N–H and O–H groups in total. The first-order valence-corrected chi connectivity index (χ1v) is 9.11. The molecule has 0 bridgehead atoms. The number of tetrazole rings is 1. The summed E-state index contributed by atoms with van der Waals surface area (Å²) in [4.78, 5) is 35.8. The number of rotatable bonds is 7. The summed E-state index contributed by atoms with van der Waals surface area (Å²) in [5.74, 6) is -0.826. The van der Waals surface area contributed by atoms with Crippen molar-refractivity contribution in [2.75, 3.05) is 17.7 Å². The molecule has 0 fully saturated rings. The highest BCUT2D eigenvalue weighted by atomic mass is 32.2. The first kappa shape index (κ1) is 20.6. The lowest BCUT2D eigenvalue weighted by Crippen LogP contribution is -2.26. The molecule has 0 aliphatic heterocycles. The third-order valence-corrected chi connectivity index (χ3v) is 4.50. The number of ether oxygens (including phenoxy) is 1. The normalized spacial score (nSPS) is 11.1. The average molecular weight is 391 g/mol. The van der Waals surface area contributed by atoms with Crippen molar-refractivity contribution >= 4 is 35.1 Å². The van der Waals surface area contributed by atoms with Crippen molar-refractivity contribution in [3.05, 3.63) is 29.8 Å². The Labute approximate surface area is 160 Å². The molecule has 2 aromatic rings. The lowest BCUT2D eigenvalue weighted by Gasteiger charge is -2.16. The molecule has 1 aromatic heterocycles. The molecule has 0 saturated carbocycles. The monoisotopic (exact) mass is 391 g/mol. The van der Waals surface area contributed by atoms with Gasteiger partial charge in [0.2, 0.25) is 11.1 Å². The van der Waals surface area contributed by atoms with Crippen molar-refractivity contribution in [2.45, 2.75) is 25.9 Å². The van der Waals surface area contributed by atoms with E-state index in [0.717, 1.165) is 0 Å². The maximum atomic E-state index is 12.0. The van der Waals surface area contributed by atoms with E-state index in [0.29, 0.717) is 16.4 Å². The fraction of sp³-hybridized carbons (Fsp3) is 0.412. The molecule has 0 aliphatic rings. The van der Waals surface area contributed by atoms with Gasteiger partial charge in [-0.25, -0.2) is 9.48 Å². The van der Waals surface area contributed by atoms with E-state index in [1.807, 2.05) is 0 Å². The zero-order valence-corrected chi connectivity index (χ0v) is 16.4.